The number of aromatic nitrogens is 5. The molecule has 8 heteroatoms. The van der Waals surface area contributed by atoms with E-state index >= 15 is 0 Å². The summed E-state index contributed by atoms with van der Waals surface area (Å²) < 4.78 is 3.54. The normalized spacial score (nSPS) is 14.2. The maximum Gasteiger partial charge on any atom is 0.128 e. The lowest BCUT2D eigenvalue weighted by molar-refractivity contribution is 0.287. The van der Waals surface area contributed by atoms with Gasteiger partial charge in [0.1, 0.15) is 11.9 Å². The number of rotatable bonds is 4. The van der Waals surface area contributed by atoms with Crippen molar-refractivity contribution in [3.05, 3.63) is 54.7 Å². The van der Waals surface area contributed by atoms with Gasteiger partial charge in [0.25, 0.3) is 0 Å². The van der Waals surface area contributed by atoms with Crippen LogP contribution in [0.25, 0.3) is 27.8 Å². The van der Waals surface area contributed by atoms with Crippen molar-refractivity contribution in [1.82, 2.24) is 29.3 Å². The first kappa shape index (κ1) is 20.7. The van der Waals surface area contributed by atoms with E-state index in [0.717, 1.165) is 66.3 Å². The van der Waals surface area contributed by atoms with Crippen LogP contribution < -0.4 is 4.90 Å². The predicted octanol–water partition coefficient (Wildman–Crippen LogP) is 2.81. The first-order valence-electron chi connectivity index (χ1n) is 10.9. The van der Waals surface area contributed by atoms with Crippen molar-refractivity contribution in [3.63, 3.8) is 0 Å². The first-order valence-corrected chi connectivity index (χ1v) is 10.9. The fourth-order valence-electron chi connectivity index (χ4n) is 4.21. The minimum Gasteiger partial charge on any atom is -0.354 e. The molecule has 4 aromatic rings. The average molecular weight is 437 g/mol. The van der Waals surface area contributed by atoms with Crippen molar-refractivity contribution < 1.29 is 0 Å². The highest BCUT2D eigenvalue weighted by Crippen LogP contribution is 2.32. The number of anilines is 1. The fourth-order valence-corrected chi connectivity index (χ4v) is 4.21. The summed E-state index contributed by atoms with van der Waals surface area (Å²) in [6, 6.07) is 8.48. The number of nitrogens with zero attached hydrogens (tertiary/aromatic N) is 8. The van der Waals surface area contributed by atoms with Crippen molar-refractivity contribution >= 4 is 11.3 Å². The first-order chi connectivity index (χ1) is 16.2. The average Bonchev–Trinajstić information content (AvgIpc) is 3.48. The second-order valence-corrected chi connectivity index (χ2v) is 8.10. The molecule has 1 aliphatic heterocycles. The number of fused-ring (bicyclic) bond motifs is 1. The molecule has 0 aromatic carbocycles. The van der Waals surface area contributed by atoms with Gasteiger partial charge in [-0.1, -0.05) is 5.92 Å². The SMILES string of the molecule is CC#CCN1CCN(c2ccc(-c3cc(-c4cnn(C)c4)cn4ncc(C#N)c34)cn2)CC1. The van der Waals surface area contributed by atoms with Crippen LogP contribution >= 0.6 is 0 Å². The van der Waals surface area contributed by atoms with E-state index < -0.39 is 0 Å². The smallest absolute Gasteiger partial charge is 0.128 e. The highest BCUT2D eigenvalue weighted by atomic mass is 15.3. The van der Waals surface area contributed by atoms with Gasteiger partial charge in [-0.15, -0.1) is 5.92 Å². The van der Waals surface area contributed by atoms with Gasteiger partial charge in [0.2, 0.25) is 0 Å². The molecule has 0 aliphatic carbocycles. The molecule has 5 heterocycles. The molecule has 5 rings (SSSR count). The van der Waals surface area contributed by atoms with Crippen LogP contribution in [0.5, 0.6) is 0 Å². The predicted molar refractivity (Wildman–Crippen MR) is 127 cm³/mol. The molecule has 0 amide bonds. The van der Waals surface area contributed by atoms with Gasteiger partial charge in [0.05, 0.1) is 30.0 Å². The molecular formula is C25H24N8. The van der Waals surface area contributed by atoms with Crippen LogP contribution in [0.3, 0.4) is 0 Å². The standard InChI is InChI=1S/C25H24N8/c1-3-4-7-31-8-10-32(11-9-31)24-6-5-19(14-27-24)23-12-20(22-16-28-30(2)17-22)18-33-25(23)21(13-26)15-29-33/h5-6,12,14-18H,7-11H2,1-2H3. The molecule has 0 atom stereocenters. The van der Waals surface area contributed by atoms with Crippen molar-refractivity contribution in [1.29, 1.82) is 5.26 Å². The monoisotopic (exact) mass is 436 g/mol. The van der Waals surface area contributed by atoms with Gasteiger partial charge >= 0.3 is 0 Å². The molecule has 1 aliphatic rings. The number of piperazine rings is 1. The molecule has 0 saturated carbocycles. The Bertz CT molecular complexity index is 1390. The van der Waals surface area contributed by atoms with Crippen LogP contribution in [0.4, 0.5) is 5.82 Å². The topological polar surface area (TPSA) is 78.3 Å². The zero-order chi connectivity index (χ0) is 22.8. The summed E-state index contributed by atoms with van der Waals surface area (Å²) in [7, 11) is 1.89. The molecule has 164 valence electrons. The molecule has 0 spiro atoms. The Labute approximate surface area is 192 Å². The Morgan fingerprint density at radius 1 is 0.970 bits per heavy atom. The van der Waals surface area contributed by atoms with Crippen LogP contribution in [0.2, 0.25) is 0 Å². The lowest BCUT2D eigenvalue weighted by atomic mass is 10.0. The van der Waals surface area contributed by atoms with Crippen LogP contribution in [0.15, 0.2) is 49.2 Å². The van der Waals surface area contributed by atoms with Gasteiger partial charge in [-0.3, -0.25) is 9.58 Å². The highest BCUT2D eigenvalue weighted by molar-refractivity contribution is 5.87. The van der Waals surface area contributed by atoms with Crippen molar-refractivity contribution in [2.75, 3.05) is 37.6 Å². The maximum atomic E-state index is 9.62. The quantitative estimate of drug-likeness (QED) is 0.458. The molecule has 1 fully saturated rings. The van der Waals surface area contributed by atoms with E-state index in [4.69, 9.17) is 4.98 Å². The minimum absolute atomic E-state index is 0.540. The largest absolute Gasteiger partial charge is 0.354 e. The number of nitriles is 1. The van der Waals surface area contributed by atoms with Crippen molar-refractivity contribution in [2.24, 2.45) is 7.05 Å². The maximum absolute atomic E-state index is 9.62. The number of hydrogen-bond acceptors (Lipinski definition) is 6. The van der Waals surface area contributed by atoms with E-state index in [1.54, 1.807) is 15.4 Å². The second-order valence-electron chi connectivity index (χ2n) is 8.10. The van der Waals surface area contributed by atoms with E-state index in [1.165, 1.54) is 0 Å². The Hall–Kier alpha value is -4.14. The number of hydrogen-bond donors (Lipinski definition) is 0. The van der Waals surface area contributed by atoms with Gasteiger partial charge in [-0.25, -0.2) is 9.50 Å². The number of aryl methyl sites for hydroxylation is 1. The second kappa shape index (κ2) is 8.78. The van der Waals surface area contributed by atoms with Gasteiger partial charge < -0.3 is 4.90 Å². The summed E-state index contributed by atoms with van der Waals surface area (Å²) >= 11 is 0. The van der Waals surface area contributed by atoms with Crippen molar-refractivity contribution in [2.45, 2.75) is 6.92 Å². The van der Waals surface area contributed by atoms with Crippen LogP contribution in [-0.4, -0.2) is 62.0 Å². The van der Waals surface area contributed by atoms with Gasteiger partial charge in [0.15, 0.2) is 0 Å². The summed E-state index contributed by atoms with van der Waals surface area (Å²) in [5.74, 6) is 7.08. The third-order valence-corrected chi connectivity index (χ3v) is 6.01. The summed E-state index contributed by atoms with van der Waals surface area (Å²) in [5.41, 5.74) is 5.16. The van der Waals surface area contributed by atoms with Crippen LogP contribution in [-0.2, 0) is 7.05 Å². The van der Waals surface area contributed by atoms with Gasteiger partial charge in [0, 0.05) is 74.1 Å². The summed E-state index contributed by atoms with van der Waals surface area (Å²) in [6.07, 6.45) is 9.22. The third kappa shape index (κ3) is 4.05. The Morgan fingerprint density at radius 2 is 1.82 bits per heavy atom. The van der Waals surface area contributed by atoms with Crippen molar-refractivity contribution in [3.8, 4) is 40.2 Å². The Morgan fingerprint density at radius 3 is 2.48 bits per heavy atom. The van der Waals surface area contributed by atoms with E-state index in [-0.39, 0.29) is 0 Å². The minimum atomic E-state index is 0.540. The molecule has 33 heavy (non-hydrogen) atoms. The molecular weight excluding hydrogens is 412 g/mol. The third-order valence-electron chi connectivity index (χ3n) is 6.01. The summed E-state index contributed by atoms with van der Waals surface area (Å²) in [4.78, 5) is 9.44. The van der Waals surface area contributed by atoms with Crippen LogP contribution in [0, 0.1) is 23.2 Å². The number of pyridine rings is 2. The lowest BCUT2D eigenvalue weighted by Gasteiger charge is -2.34. The van der Waals surface area contributed by atoms with E-state index in [2.05, 4.69) is 56.1 Å². The summed E-state index contributed by atoms with van der Waals surface area (Å²) in [5, 5.41) is 18.3. The molecule has 0 radical (unpaired) electrons. The van der Waals surface area contributed by atoms with E-state index in [9.17, 15) is 5.26 Å². The Balaban J connectivity index is 1.47. The zero-order valence-electron chi connectivity index (χ0n) is 18.7. The molecule has 1 saturated heterocycles. The van der Waals surface area contributed by atoms with Gasteiger partial charge in [-0.2, -0.15) is 15.5 Å². The van der Waals surface area contributed by atoms with E-state index in [1.807, 2.05) is 38.8 Å². The molecule has 0 unspecified atom stereocenters. The Kier molecular flexibility index (Phi) is 5.52. The fraction of sp³-hybridized carbons (Fsp3) is 0.280. The van der Waals surface area contributed by atoms with Crippen LogP contribution in [0.1, 0.15) is 12.5 Å². The molecule has 0 N–H and O–H groups in total. The van der Waals surface area contributed by atoms with Gasteiger partial charge in [-0.05, 0) is 25.1 Å². The molecule has 4 aromatic heterocycles. The highest BCUT2D eigenvalue weighted by Gasteiger charge is 2.18. The lowest BCUT2D eigenvalue weighted by Crippen LogP contribution is -2.46. The summed E-state index contributed by atoms with van der Waals surface area (Å²) in [6.45, 7) is 6.53. The molecule has 0 bridgehead atoms. The molecule has 8 nitrogen and oxygen atoms in total. The zero-order valence-corrected chi connectivity index (χ0v) is 18.7. The van der Waals surface area contributed by atoms with E-state index in [0.29, 0.717) is 5.56 Å².